The number of halogens is 1. The van der Waals surface area contributed by atoms with Gasteiger partial charge in [-0.05, 0) is 60.7 Å². The highest BCUT2D eigenvalue weighted by atomic mass is 35.5. The number of hydrogen-bond donors (Lipinski definition) is 2. The van der Waals surface area contributed by atoms with Crippen LogP contribution >= 0.6 is 11.6 Å². The van der Waals surface area contributed by atoms with Crippen molar-refractivity contribution < 1.29 is 9.59 Å². The van der Waals surface area contributed by atoms with E-state index in [1.54, 1.807) is 24.3 Å². The second-order valence-corrected chi connectivity index (χ2v) is 7.70. The van der Waals surface area contributed by atoms with Crippen molar-refractivity contribution in [2.45, 2.75) is 38.5 Å². The smallest absolute Gasteiger partial charge is 0.235 e. The Balaban J connectivity index is 1.63. The Morgan fingerprint density at radius 1 is 0.962 bits per heavy atom. The molecule has 0 heterocycles. The van der Waals surface area contributed by atoms with Crippen LogP contribution in [0.25, 0.3) is 0 Å². The number of benzene rings is 2. The summed E-state index contributed by atoms with van der Waals surface area (Å²) in [6.07, 6.45) is 2.16. The maximum absolute atomic E-state index is 12.8. The number of anilines is 2. The summed E-state index contributed by atoms with van der Waals surface area (Å²) in [5, 5.41) is 6.52. The molecule has 0 unspecified atom stereocenters. The number of carbonyl (C=O) groups is 2. The average Bonchev–Trinajstić information content (AvgIpc) is 3.38. The number of carbonyl (C=O) groups excluding carboxylic acids is 2. The average molecular weight is 371 g/mol. The standard InChI is InChI=1S/C21H23ClN2O2/c1-14(2)13-19(25)23-17-7-9-18(10-8-17)24-20(26)21(11-12-21)15-3-5-16(22)6-4-15/h3-10,14H,11-13H2,1-2H3,(H,23,25)(H,24,26). The summed E-state index contributed by atoms with van der Waals surface area (Å²) in [4.78, 5) is 24.6. The van der Waals surface area contributed by atoms with Crippen LogP contribution in [0.2, 0.25) is 5.02 Å². The van der Waals surface area contributed by atoms with Crippen molar-refractivity contribution in [1.29, 1.82) is 0 Å². The zero-order valence-corrected chi connectivity index (χ0v) is 15.8. The van der Waals surface area contributed by atoms with Gasteiger partial charge >= 0.3 is 0 Å². The second kappa shape index (κ2) is 7.50. The minimum Gasteiger partial charge on any atom is -0.326 e. The molecule has 1 fully saturated rings. The van der Waals surface area contributed by atoms with Gasteiger partial charge in [-0.3, -0.25) is 9.59 Å². The van der Waals surface area contributed by atoms with Crippen LogP contribution in [0.4, 0.5) is 11.4 Å². The quantitative estimate of drug-likeness (QED) is 0.752. The summed E-state index contributed by atoms with van der Waals surface area (Å²) in [5.41, 5.74) is 2.00. The molecule has 26 heavy (non-hydrogen) atoms. The molecule has 0 atom stereocenters. The Bertz CT molecular complexity index is 794. The first kappa shape index (κ1) is 18.5. The fraction of sp³-hybridized carbons (Fsp3) is 0.333. The maximum Gasteiger partial charge on any atom is 0.235 e. The monoisotopic (exact) mass is 370 g/mol. The molecule has 0 spiro atoms. The zero-order chi connectivity index (χ0) is 18.7. The van der Waals surface area contributed by atoms with E-state index in [0.29, 0.717) is 17.4 Å². The van der Waals surface area contributed by atoms with Crippen molar-refractivity contribution in [1.82, 2.24) is 0 Å². The molecule has 1 saturated carbocycles. The van der Waals surface area contributed by atoms with Crippen LogP contribution < -0.4 is 10.6 Å². The summed E-state index contributed by atoms with van der Waals surface area (Å²) in [7, 11) is 0. The molecule has 2 amide bonds. The number of rotatable bonds is 6. The molecule has 136 valence electrons. The third-order valence-electron chi connectivity index (χ3n) is 4.60. The van der Waals surface area contributed by atoms with E-state index < -0.39 is 5.41 Å². The predicted molar refractivity (Wildman–Crippen MR) is 106 cm³/mol. The highest BCUT2D eigenvalue weighted by Crippen LogP contribution is 2.49. The van der Waals surface area contributed by atoms with Gasteiger partial charge in [-0.15, -0.1) is 0 Å². The number of nitrogens with one attached hydrogen (secondary N) is 2. The second-order valence-electron chi connectivity index (χ2n) is 7.27. The molecule has 0 bridgehead atoms. The van der Waals surface area contributed by atoms with Gasteiger partial charge < -0.3 is 10.6 Å². The van der Waals surface area contributed by atoms with Crippen molar-refractivity contribution in [3.05, 3.63) is 59.1 Å². The predicted octanol–water partition coefficient (Wildman–Crippen LogP) is 4.99. The Hall–Kier alpha value is -2.33. The van der Waals surface area contributed by atoms with E-state index in [2.05, 4.69) is 10.6 Å². The third kappa shape index (κ3) is 4.25. The highest BCUT2D eigenvalue weighted by molar-refractivity contribution is 6.30. The fourth-order valence-corrected chi connectivity index (χ4v) is 3.14. The van der Waals surface area contributed by atoms with Gasteiger partial charge in [0.15, 0.2) is 0 Å². The largest absolute Gasteiger partial charge is 0.326 e. The molecular weight excluding hydrogens is 348 g/mol. The lowest BCUT2D eigenvalue weighted by atomic mass is 9.95. The van der Waals surface area contributed by atoms with Crippen LogP contribution in [0.3, 0.4) is 0 Å². The van der Waals surface area contributed by atoms with E-state index >= 15 is 0 Å². The van der Waals surface area contributed by atoms with Crippen LogP contribution in [0.5, 0.6) is 0 Å². The third-order valence-corrected chi connectivity index (χ3v) is 4.85. The molecule has 2 N–H and O–H groups in total. The van der Waals surface area contributed by atoms with E-state index in [1.165, 1.54) is 0 Å². The SMILES string of the molecule is CC(C)CC(=O)Nc1ccc(NC(=O)C2(c3ccc(Cl)cc3)CC2)cc1. The van der Waals surface area contributed by atoms with Gasteiger partial charge in [0.2, 0.25) is 11.8 Å². The molecule has 0 radical (unpaired) electrons. The van der Waals surface area contributed by atoms with E-state index in [-0.39, 0.29) is 11.8 Å². The van der Waals surface area contributed by atoms with Crippen LogP contribution in [-0.2, 0) is 15.0 Å². The van der Waals surface area contributed by atoms with Crippen molar-refractivity contribution in [3.63, 3.8) is 0 Å². The molecule has 2 aromatic rings. The molecular formula is C21H23ClN2O2. The zero-order valence-electron chi connectivity index (χ0n) is 15.0. The van der Waals surface area contributed by atoms with E-state index in [1.807, 2.05) is 38.1 Å². The first-order valence-corrected chi connectivity index (χ1v) is 9.24. The van der Waals surface area contributed by atoms with Gasteiger partial charge in [0, 0.05) is 22.8 Å². The highest BCUT2D eigenvalue weighted by Gasteiger charge is 2.51. The van der Waals surface area contributed by atoms with Crippen molar-refractivity contribution in [2.24, 2.45) is 5.92 Å². The Morgan fingerprint density at radius 2 is 1.50 bits per heavy atom. The minimum atomic E-state index is -0.450. The molecule has 3 rings (SSSR count). The minimum absolute atomic E-state index is 0.00328. The number of amides is 2. The molecule has 2 aromatic carbocycles. The number of hydrogen-bond acceptors (Lipinski definition) is 2. The van der Waals surface area contributed by atoms with E-state index in [4.69, 9.17) is 11.6 Å². The Morgan fingerprint density at radius 3 is 2.00 bits per heavy atom. The van der Waals surface area contributed by atoms with Crippen LogP contribution in [0, 0.1) is 5.92 Å². The molecule has 0 aliphatic heterocycles. The summed E-state index contributed by atoms with van der Waals surface area (Å²) in [5.74, 6) is 0.309. The maximum atomic E-state index is 12.8. The summed E-state index contributed by atoms with van der Waals surface area (Å²) in [6.45, 7) is 4.01. The van der Waals surface area contributed by atoms with Gasteiger partial charge in [0.25, 0.3) is 0 Å². The summed E-state index contributed by atoms with van der Waals surface area (Å²) >= 11 is 5.94. The van der Waals surface area contributed by atoms with Crippen LogP contribution in [0.15, 0.2) is 48.5 Å². The molecule has 0 aromatic heterocycles. The van der Waals surface area contributed by atoms with Gasteiger partial charge in [0.1, 0.15) is 0 Å². The lowest BCUT2D eigenvalue weighted by Crippen LogP contribution is -2.27. The lowest BCUT2D eigenvalue weighted by Gasteiger charge is -2.16. The topological polar surface area (TPSA) is 58.2 Å². The van der Waals surface area contributed by atoms with Gasteiger partial charge in [0.05, 0.1) is 5.41 Å². The molecule has 5 heteroatoms. The normalized spacial score (nSPS) is 14.8. The van der Waals surface area contributed by atoms with E-state index in [9.17, 15) is 9.59 Å². The lowest BCUT2D eigenvalue weighted by molar-refractivity contribution is -0.118. The van der Waals surface area contributed by atoms with Crippen LogP contribution in [-0.4, -0.2) is 11.8 Å². The Labute approximate surface area is 158 Å². The molecule has 0 saturated heterocycles. The first-order valence-electron chi connectivity index (χ1n) is 8.86. The van der Waals surface area contributed by atoms with Crippen molar-refractivity contribution in [2.75, 3.05) is 10.6 Å². The van der Waals surface area contributed by atoms with Crippen molar-refractivity contribution >= 4 is 34.8 Å². The fourth-order valence-electron chi connectivity index (χ4n) is 3.01. The summed E-state index contributed by atoms with van der Waals surface area (Å²) < 4.78 is 0. The van der Waals surface area contributed by atoms with Gasteiger partial charge in [-0.25, -0.2) is 0 Å². The summed E-state index contributed by atoms with van der Waals surface area (Å²) in [6, 6.07) is 14.7. The molecule has 1 aliphatic carbocycles. The Kier molecular flexibility index (Phi) is 5.33. The van der Waals surface area contributed by atoms with E-state index in [0.717, 1.165) is 29.8 Å². The molecule has 1 aliphatic rings. The van der Waals surface area contributed by atoms with Gasteiger partial charge in [-0.1, -0.05) is 37.6 Å². The first-order chi connectivity index (χ1) is 12.4. The van der Waals surface area contributed by atoms with Crippen LogP contribution in [0.1, 0.15) is 38.7 Å². The molecule has 4 nitrogen and oxygen atoms in total. The van der Waals surface area contributed by atoms with Gasteiger partial charge in [-0.2, -0.15) is 0 Å². The van der Waals surface area contributed by atoms with Crippen molar-refractivity contribution in [3.8, 4) is 0 Å².